The third-order valence-corrected chi connectivity index (χ3v) is 3.33. The minimum Gasteiger partial charge on any atom is -0.324 e. The molecule has 0 unspecified atom stereocenters. The van der Waals surface area contributed by atoms with Crippen molar-refractivity contribution in [3.05, 3.63) is 0 Å². The zero-order valence-corrected chi connectivity index (χ0v) is 13.5. The number of rotatable bonds is 10. The largest absolute Gasteiger partial charge is 0.471 e. The summed E-state index contributed by atoms with van der Waals surface area (Å²) >= 11 is 0. The molecule has 4 nitrogen and oxygen atoms in total. The van der Waals surface area contributed by atoms with Crippen LogP contribution in [0.15, 0.2) is 0 Å². The number of alkyl halides is 3. The fourth-order valence-corrected chi connectivity index (χ4v) is 2.02. The van der Waals surface area contributed by atoms with Crippen molar-refractivity contribution in [3.63, 3.8) is 0 Å². The lowest BCUT2D eigenvalue weighted by Gasteiger charge is -2.23. The summed E-state index contributed by atoms with van der Waals surface area (Å²) in [5, 5.41) is 1.42. The second-order valence-corrected chi connectivity index (χ2v) is 5.37. The van der Waals surface area contributed by atoms with Crippen LogP contribution in [0.5, 0.6) is 0 Å². The molecular formula is C15H27F3N2O2. The summed E-state index contributed by atoms with van der Waals surface area (Å²) in [6, 6.07) is -0.949. The summed E-state index contributed by atoms with van der Waals surface area (Å²) in [5.74, 6) is -2.20. The van der Waals surface area contributed by atoms with Crippen molar-refractivity contribution in [2.24, 2.45) is 0 Å². The highest BCUT2D eigenvalue weighted by molar-refractivity contribution is 5.97. The van der Waals surface area contributed by atoms with Crippen LogP contribution in [0.3, 0.4) is 0 Å². The van der Waals surface area contributed by atoms with E-state index in [1.165, 1.54) is 10.2 Å². The number of halogens is 3. The summed E-state index contributed by atoms with van der Waals surface area (Å²) in [7, 11) is 0. The van der Waals surface area contributed by atoms with E-state index >= 15 is 0 Å². The average molecular weight is 324 g/mol. The second kappa shape index (κ2) is 11.3. The van der Waals surface area contributed by atoms with E-state index in [-0.39, 0.29) is 0 Å². The Morgan fingerprint density at radius 2 is 1.32 bits per heavy atom. The number of hydrogen-bond acceptors (Lipinski definition) is 2. The number of carbonyl (C=O) groups is 2. The van der Waals surface area contributed by atoms with Crippen LogP contribution < -0.4 is 5.32 Å². The van der Waals surface area contributed by atoms with Crippen LogP contribution in [0.25, 0.3) is 0 Å². The van der Waals surface area contributed by atoms with Gasteiger partial charge in [-0.1, -0.05) is 52.4 Å². The number of unbranched alkanes of at least 4 members (excludes halogenated alkanes) is 6. The van der Waals surface area contributed by atoms with E-state index in [0.717, 1.165) is 51.4 Å². The van der Waals surface area contributed by atoms with Gasteiger partial charge in [0, 0.05) is 13.1 Å². The number of imide groups is 1. The SMILES string of the molecule is CCCCCCN(CCCCCC)C(=O)NC(=O)C(F)(F)F. The van der Waals surface area contributed by atoms with Gasteiger partial charge >= 0.3 is 18.1 Å². The molecule has 0 saturated heterocycles. The Hall–Kier alpha value is -1.27. The van der Waals surface area contributed by atoms with Crippen LogP contribution in [0.2, 0.25) is 0 Å². The average Bonchev–Trinajstić information content (AvgIpc) is 2.44. The molecule has 0 radical (unpaired) electrons. The number of urea groups is 1. The van der Waals surface area contributed by atoms with Crippen molar-refractivity contribution in [1.29, 1.82) is 0 Å². The first kappa shape index (κ1) is 20.7. The van der Waals surface area contributed by atoms with Gasteiger partial charge in [-0.15, -0.1) is 0 Å². The Kier molecular flexibility index (Phi) is 10.7. The summed E-state index contributed by atoms with van der Waals surface area (Å²) in [6.45, 7) is 4.86. The van der Waals surface area contributed by atoms with Gasteiger partial charge in [0.05, 0.1) is 0 Å². The number of carbonyl (C=O) groups excluding carboxylic acids is 2. The molecule has 0 rings (SSSR count). The monoisotopic (exact) mass is 324 g/mol. The predicted octanol–water partition coefficient (Wildman–Crippen LogP) is 4.25. The van der Waals surface area contributed by atoms with Crippen molar-refractivity contribution in [1.82, 2.24) is 10.2 Å². The Balaban J connectivity index is 4.40. The fourth-order valence-electron chi connectivity index (χ4n) is 2.02. The molecule has 3 amide bonds. The Bertz CT molecular complexity index is 321. The molecule has 1 N–H and O–H groups in total. The zero-order valence-electron chi connectivity index (χ0n) is 13.5. The topological polar surface area (TPSA) is 49.4 Å². The standard InChI is InChI=1S/C15H27F3N2O2/c1-3-5-7-9-11-20(12-10-8-6-4-2)14(22)19-13(21)15(16,17)18/h3-12H2,1-2H3,(H,19,21,22). The highest BCUT2D eigenvalue weighted by Crippen LogP contribution is 2.14. The van der Waals surface area contributed by atoms with Crippen LogP contribution in [0.4, 0.5) is 18.0 Å². The van der Waals surface area contributed by atoms with Gasteiger partial charge in [0.2, 0.25) is 0 Å². The molecule has 0 aromatic heterocycles. The van der Waals surface area contributed by atoms with Crippen LogP contribution in [-0.4, -0.2) is 36.1 Å². The fraction of sp³-hybridized carbons (Fsp3) is 0.867. The molecule has 0 spiro atoms. The van der Waals surface area contributed by atoms with Gasteiger partial charge in [-0.3, -0.25) is 10.1 Å². The van der Waals surface area contributed by atoms with Crippen LogP contribution >= 0.6 is 0 Å². The van der Waals surface area contributed by atoms with E-state index in [0.29, 0.717) is 13.1 Å². The Labute approximate surface area is 130 Å². The molecule has 0 fully saturated rings. The summed E-state index contributed by atoms with van der Waals surface area (Å²) in [5.41, 5.74) is 0. The molecule has 130 valence electrons. The number of amides is 3. The first-order valence-corrected chi connectivity index (χ1v) is 8.00. The molecule has 0 aliphatic carbocycles. The van der Waals surface area contributed by atoms with Crippen LogP contribution in [-0.2, 0) is 4.79 Å². The van der Waals surface area contributed by atoms with E-state index in [4.69, 9.17) is 0 Å². The lowest BCUT2D eigenvalue weighted by atomic mass is 10.2. The van der Waals surface area contributed by atoms with E-state index in [9.17, 15) is 22.8 Å². The van der Waals surface area contributed by atoms with Gasteiger partial charge in [-0.2, -0.15) is 13.2 Å². The maximum absolute atomic E-state index is 12.2. The zero-order chi connectivity index (χ0) is 17.0. The van der Waals surface area contributed by atoms with Gasteiger partial charge < -0.3 is 4.90 Å². The van der Waals surface area contributed by atoms with Gasteiger partial charge in [0.1, 0.15) is 0 Å². The summed E-state index contributed by atoms with van der Waals surface area (Å²) in [6.07, 6.45) is 2.38. The maximum Gasteiger partial charge on any atom is 0.471 e. The van der Waals surface area contributed by atoms with Crippen molar-refractivity contribution < 1.29 is 22.8 Å². The third-order valence-electron chi connectivity index (χ3n) is 3.33. The Morgan fingerprint density at radius 3 is 1.68 bits per heavy atom. The molecule has 0 heterocycles. The maximum atomic E-state index is 12.2. The number of nitrogens with one attached hydrogen (secondary N) is 1. The summed E-state index contributed by atoms with van der Waals surface area (Å²) < 4.78 is 36.6. The minimum atomic E-state index is -5.04. The normalized spacial score (nSPS) is 11.3. The Morgan fingerprint density at radius 1 is 0.864 bits per heavy atom. The molecule has 0 saturated carbocycles. The second-order valence-electron chi connectivity index (χ2n) is 5.37. The quantitative estimate of drug-likeness (QED) is 0.611. The van der Waals surface area contributed by atoms with Gasteiger partial charge in [-0.05, 0) is 12.8 Å². The summed E-state index contributed by atoms with van der Waals surface area (Å²) in [4.78, 5) is 24.0. The highest BCUT2D eigenvalue weighted by Gasteiger charge is 2.40. The number of hydrogen-bond donors (Lipinski definition) is 1. The van der Waals surface area contributed by atoms with Gasteiger partial charge in [0.25, 0.3) is 0 Å². The molecule has 0 aromatic rings. The lowest BCUT2D eigenvalue weighted by Crippen LogP contribution is -2.48. The molecule has 0 atom stereocenters. The minimum absolute atomic E-state index is 0.378. The predicted molar refractivity (Wildman–Crippen MR) is 79.5 cm³/mol. The first-order valence-electron chi connectivity index (χ1n) is 8.00. The smallest absolute Gasteiger partial charge is 0.324 e. The first-order chi connectivity index (χ1) is 10.3. The number of nitrogens with zero attached hydrogens (tertiary/aromatic N) is 1. The van der Waals surface area contributed by atoms with Crippen molar-refractivity contribution in [3.8, 4) is 0 Å². The molecule has 0 aromatic carbocycles. The highest BCUT2D eigenvalue weighted by atomic mass is 19.4. The van der Waals surface area contributed by atoms with Crippen molar-refractivity contribution >= 4 is 11.9 Å². The van der Waals surface area contributed by atoms with E-state index in [1.807, 2.05) is 0 Å². The van der Waals surface area contributed by atoms with Crippen LogP contribution in [0, 0.1) is 0 Å². The lowest BCUT2D eigenvalue weighted by molar-refractivity contribution is -0.172. The third kappa shape index (κ3) is 9.63. The van der Waals surface area contributed by atoms with Crippen molar-refractivity contribution in [2.75, 3.05) is 13.1 Å². The molecule has 0 bridgehead atoms. The molecular weight excluding hydrogens is 297 g/mol. The van der Waals surface area contributed by atoms with Gasteiger partial charge in [-0.25, -0.2) is 4.79 Å². The molecule has 0 aliphatic heterocycles. The molecule has 7 heteroatoms. The molecule has 0 aliphatic rings. The van der Waals surface area contributed by atoms with E-state index in [1.54, 1.807) is 0 Å². The molecule has 22 heavy (non-hydrogen) atoms. The van der Waals surface area contributed by atoms with E-state index < -0.39 is 18.1 Å². The van der Waals surface area contributed by atoms with Crippen LogP contribution in [0.1, 0.15) is 65.2 Å². The van der Waals surface area contributed by atoms with Gasteiger partial charge in [0.15, 0.2) is 0 Å². The van der Waals surface area contributed by atoms with Crippen molar-refractivity contribution in [2.45, 2.75) is 71.4 Å². The van der Waals surface area contributed by atoms with E-state index in [2.05, 4.69) is 13.8 Å².